The molecule has 3 rings (SSSR count). The van der Waals surface area contributed by atoms with Crippen LogP contribution in [0.15, 0.2) is 94.0 Å². The molecule has 0 saturated carbocycles. The third-order valence-corrected chi connectivity index (χ3v) is 6.00. The van der Waals surface area contributed by atoms with Gasteiger partial charge in [-0.3, -0.25) is 10.1 Å². The Hall–Kier alpha value is -3.10. The topological polar surface area (TPSA) is 93.9 Å². The van der Waals surface area contributed by atoms with E-state index >= 15 is 0 Å². The minimum atomic E-state index is -0.377. The first-order chi connectivity index (χ1) is 14.6. The number of nitro groups is 1. The summed E-state index contributed by atoms with van der Waals surface area (Å²) < 4.78 is 0. The molecule has 0 radical (unpaired) electrons. The van der Waals surface area contributed by atoms with Crippen molar-refractivity contribution in [1.82, 2.24) is 0 Å². The summed E-state index contributed by atoms with van der Waals surface area (Å²) >= 11 is 2.82. The van der Waals surface area contributed by atoms with Crippen molar-refractivity contribution in [2.45, 2.75) is 16.4 Å². The summed E-state index contributed by atoms with van der Waals surface area (Å²) in [6, 6.07) is 24.8. The third-order valence-electron chi connectivity index (χ3n) is 4.01. The molecule has 2 N–H and O–H groups in total. The van der Waals surface area contributed by atoms with Gasteiger partial charge in [0.1, 0.15) is 0 Å². The van der Waals surface area contributed by atoms with Crippen LogP contribution in [0.25, 0.3) is 0 Å². The fourth-order valence-corrected chi connectivity index (χ4v) is 4.10. The van der Waals surface area contributed by atoms with E-state index in [4.69, 9.17) is 5.73 Å². The molecule has 0 unspecified atom stereocenters. The Labute approximate surface area is 183 Å². The van der Waals surface area contributed by atoms with Crippen LogP contribution in [0.4, 0.5) is 5.69 Å². The van der Waals surface area contributed by atoms with Crippen LogP contribution in [-0.2, 0) is 11.5 Å². The number of benzene rings is 3. The molecule has 0 saturated heterocycles. The number of amidine groups is 1. The molecule has 152 valence electrons. The van der Waals surface area contributed by atoms with Crippen molar-refractivity contribution in [1.29, 1.82) is 0 Å². The zero-order valence-electron chi connectivity index (χ0n) is 16.0. The maximum absolute atomic E-state index is 11.5. The lowest BCUT2D eigenvalue weighted by Crippen LogP contribution is -2.06. The van der Waals surface area contributed by atoms with Crippen molar-refractivity contribution in [2.24, 2.45) is 15.9 Å². The Kier molecular flexibility index (Phi) is 8.05. The van der Waals surface area contributed by atoms with Crippen LogP contribution in [0, 0.1) is 10.1 Å². The van der Waals surface area contributed by atoms with Gasteiger partial charge < -0.3 is 5.73 Å². The molecule has 0 spiro atoms. The summed E-state index contributed by atoms with van der Waals surface area (Å²) in [5.74, 6) is 1.36. The first-order valence-electron chi connectivity index (χ1n) is 9.10. The van der Waals surface area contributed by atoms with Crippen molar-refractivity contribution in [3.63, 3.8) is 0 Å². The van der Waals surface area contributed by atoms with Crippen molar-refractivity contribution in [2.75, 3.05) is 0 Å². The highest BCUT2D eigenvalue weighted by atomic mass is 32.2. The van der Waals surface area contributed by atoms with E-state index in [2.05, 4.69) is 10.2 Å². The second-order valence-corrected chi connectivity index (χ2v) is 8.23. The van der Waals surface area contributed by atoms with Crippen LogP contribution >= 0.6 is 23.5 Å². The van der Waals surface area contributed by atoms with Crippen molar-refractivity contribution in [3.8, 4) is 0 Å². The first-order valence-corrected chi connectivity index (χ1v) is 11.1. The van der Waals surface area contributed by atoms with Gasteiger partial charge in [0.15, 0.2) is 5.17 Å². The Morgan fingerprint density at radius 3 is 2.23 bits per heavy atom. The Balaban J connectivity index is 1.62. The second-order valence-electron chi connectivity index (χ2n) is 6.22. The van der Waals surface area contributed by atoms with Gasteiger partial charge in [-0.2, -0.15) is 5.10 Å². The van der Waals surface area contributed by atoms with E-state index in [1.165, 1.54) is 35.8 Å². The molecule has 8 heteroatoms. The molecule has 6 nitrogen and oxygen atoms in total. The average molecular weight is 437 g/mol. The lowest BCUT2D eigenvalue weighted by Gasteiger charge is -2.04. The molecular formula is C22H20N4O2S2. The minimum absolute atomic E-state index is 0.0512. The van der Waals surface area contributed by atoms with Crippen LogP contribution in [0.5, 0.6) is 0 Å². The summed E-state index contributed by atoms with van der Waals surface area (Å²) in [5.41, 5.74) is 8.77. The molecule has 30 heavy (non-hydrogen) atoms. The molecular weight excluding hydrogens is 416 g/mol. The van der Waals surface area contributed by atoms with Crippen molar-refractivity contribution >= 4 is 40.6 Å². The lowest BCUT2D eigenvalue weighted by atomic mass is 10.2. The predicted molar refractivity (Wildman–Crippen MR) is 126 cm³/mol. The fraction of sp³-hybridized carbons (Fsp3) is 0.0909. The van der Waals surface area contributed by atoms with Crippen molar-refractivity contribution in [3.05, 3.63) is 106 Å². The van der Waals surface area contributed by atoms with Crippen LogP contribution in [-0.4, -0.2) is 16.3 Å². The molecule has 0 atom stereocenters. The summed E-state index contributed by atoms with van der Waals surface area (Å²) in [6.45, 7) is 0. The van der Waals surface area contributed by atoms with Gasteiger partial charge in [-0.25, -0.2) is 0 Å². The molecule has 3 aromatic carbocycles. The highest BCUT2D eigenvalue weighted by molar-refractivity contribution is 8.13. The molecule has 0 aromatic heterocycles. The first kappa shape index (κ1) is 21.6. The lowest BCUT2D eigenvalue weighted by molar-refractivity contribution is -0.387. The van der Waals surface area contributed by atoms with Gasteiger partial charge in [0.25, 0.3) is 5.69 Å². The summed E-state index contributed by atoms with van der Waals surface area (Å²) in [4.78, 5) is 11.7. The van der Waals surface area contributed by atoms with Gasteiger partial charge in [-0.15, -0.1) is 16.9 Å². The predicted octanol–water partition coefficient (Wildman–Crippen LogP) is 5.47. The summed E-state index contributed by atoms with van der Waals surface area (Å²) in [6.07, 6.45) is 1.47. The average Bonchev–Trinajstić information content (AvgIpc) is 2.78. The maximum Gasteiger partial charge on any atom is 0.283 e. The van der Waals surface area contributed by atoms with E-state index in [-0.39, 0.29) is 10.6 Å². The molecule has 3 aromatic rings. The third kappa shape index (κ3) is 6.75. The van der Waals surface area contributed by atoms with Crippen molar-refractivity contribution < 1.29 is 4.92 Å². The molecule has 0 aliphatic carbocycles. The second kappa shape index (κ2) is 11.2. The van der Waals surface area contributed by atoms with E-state index < -0.39 is 0 Å². The SMILES string of the molecule is NC(=NN=Cc1ccc(SCc2ccccc2)c([N+](=O)[O-])c1)SCc1ccccc1. The number of rotatable bonds is 8. The summed E-state index contributed by atoms with van der Waals surface area (Å²) in [5, 5.41) is 19.7. The molecule has 0 aliphatic heterocycles. The van der Waals surface area contributed by atoms with Gasteiger partial charge in [-0.1, -0.05) is 78.5 Å². The van der Waals surface area contributed by atoms with E-state index in [0.29, 0.717) is 27.1 Å². The molecule has 0 fully saturated rings. The molecule has 0 bridgehead atoms. The molecule has 0 heterocycles. The van der Waals surface area contributed by atoms with E-state index in [9.17, 15) is 10.1 Å². The normalized spacial score (nSPS) is 11.7. The van der Waals surface area contributed by atoms with Crippen LogP contribution < -0.4 is 5.73 Å². The number of nitro benzene ring substituents is 1. The number of thioether (sulfide) groups is 2. The molecule has 0 aliphatic rings. The number of hydrogen-bond donors (Lipinski definition) is 1. The van der Waals surface area contributed by atoms with Gasteiger partial charge in [-0.05, 0) is 17.2 Å². The van der Waals surface area contributed by atoms with Crippen LogP contribution in [0.3, 0.4) is 0 Å². The maximum atomic E-state index is 11.5. The standard InChI is InChI=1S/C22H20N4O2S2/c23-22(30-16-18-9-5-2-6-10-18)25-24-14-19-11-12-21(20(13-19)26(27)28)29-15-17-7-3-1-4-8-17/h1-14H,15-16H2,(H2,23,25). The summed E-state index contributed by atoms with van der Waals surface area (Å²) in [7, 11) is 0. The largest absolute Gasteiger partial charge is 0.377 e. The van der Waals surface area contributed by atoms with E-state index in [1.54, 1.807) is 12.1 Å². The highest BCUT2D eigenvalue weighted by Crippen LogP contribution is 2.32. The number of nitrogens with two attached hydrogens (primary N) is 1. The zero-order chi connectivity index (χ0) is 21.2. The highest BCUT2D eigenvalue weighted by Gasteiger charge is 2.14. The monoisotopic (exact) mass is 436 g/mol. The Morgan fingerprint density at radius 2 is 1.60 bits per heavy atom. The van der Waals surface area contributed by atoms with Gasteiger partial charge >= 0.3 is 0 Å². The van der Waals surface area contributed by atoms with Crippen LogP contribution in [0.1, 0.15) is 16.7 Å². The van der Waals surface area contributed by atoms with Gasteiger partial charge in [0.2, 0.25) is 0 Å². The van der Waals surface area contributed by atoms with Gasteiger partial charge in [0.05, 0.1) is 16.0 Å². The Morgan fingerprint density at radius 1 is 0.967 bits per heavy atom. The van der Waals surface area contributed by atoms with E-state index in [0.717, 1.165) is 11.1 Å². The smallest absolute Gasteiger partial charge is 0.283 e. The Bertz CT molecular complexity index is 1040. The number of hydrogen-bond acceptors (Lipinski definition) is 6. The number of nitrogens with zero attached hydrogens (tertiary/aromatic N) is 3. The van der Waals surface area contributed by atoms with Gasteiger partial charge in [0, 0.05) is 23.1 Å². The van der Waals surface area contributed by atoms with Crippen LogP contribution in [0.2, 0.25) is 0 Å². The molecule has 0 amide bonds. The minimum Gasteiger partial charge on any atom is -0.377 e. The zero-order valence-corrected chi connectivity index (χ0v) is 17.7. The fourth-order valence-electron chi connectivity index (χ4n) is 2.53. The quantitative estimate of drug-likeness (QED) is 0.166. The van der Waals surface area contributed by atoms with E-state index in [1.807, 2.05) is 60.7 Å².